The number of nitrogens with one attached hydrogen (secondary N) is 1. The van der Waals surface area contributed by atoms with Gasteiger partial charge in [0.2, 0.25) is 0 Å². The van der Waals surface area contributed by atoms with Crippen LogP contribution in [0.25, 0.3) is 11.4 Å². The third kappa shape index (κ3) is 2.30. The van der Waals surface area contributed by atoms with Crippen LogP contribution in [-0.2, 0) is 6.54 Å². The molecule has 1 aliphatic heterocycles. The molecule has 0 saturated heterocycles. The first-order valence-corrected chi connectivity index (χ1v) is 7.54. The Kier molecular flexibility index (Phi) is 3.18. The molecular weight excluding hydrogens is 292 g/mol. The molecule has 7 heteroatoms. The second-order valence-corrected chi connectivity index (χ2v) is 5.50. The first kappa shape index (κ1) is 13.7. The Morgan fingerprint density at radius 3 is 2.83 bits per heavy atom. The topological polar surface area (TPSA) is 79.7 Å². The van der Waals surface area contributed by atoms with E-state index in [1.165, 1.54) is 0 Å². The lowest BCUT2D eigenvalue weighted by Crippen LogP contribution is -2.41. The maximum Gasteiger partial charge on any atom is 0.290 e. The van der Waals surface area contributed by atoms with Crippen molar-refractivity contribution in [2.75, 3.05) is 6.54 Å². The number of imidazole rings is 1. The predicted octanol–water partition coefficient (Wildman–Crippen LogP) is 1.89. The summed E-state index contributed by atoms with van der Waals surface area (Å²) in [7, 11) is 0. The van der Waals surface area contributed by atoms with Crippen molar-refractivity contribution >= 4 is 5.91 Å². The minimum absolute atomic E-state index is 0.113. The summed E-state index contributed by atoms with van der Waals surface area (Å²) < 4.78 is 1.89. The average Bonchev–Trinajstić information content (AvgIpc) is 3.25. The molecule has 0 radical (unpaired) electrons. The fourth-order valence-corrected chi connectivity index (χ4v) is 2.87. The molecular formula is C16H16N6O. The minimum Gasteiger partial charge on any atom is -0.341 e. The van der Waals surface area contributed by atoms with E-state index in [2.05, 4.69) is 20.1 Å². The Labute approximate surface area is 133 Å². The molecule has 1 aliphatic rings. The summed E-state index contributed by atoms with van der Waals surface area (Å²) in [5, 5.41) is 4.57. The van der Waals surface area contributed by atoms with Gasteiger partial charge in [-0.25, -0.2) is 14.6 Å². The standard InChI is InChI=1S/C16H16N6O/c1-11-15-19-13(12-5-3-2-4-6-12)20-22(15)10-9-21(11)16(23)14-17-7-8-18-14/h2-8,11H,9-10H2,1H3,(H,17,18)/t11-/m0/s1. The van der Waals surface area contributed by atoms with Gasteiger partial charge in [0.15, 0.2) is 11.6 Å². The predicted molar refractivity (Wildman–Crippen MR) is 83.5 cm³/mol. The minimum atomic E-state index is -0.147. The highest BCUT2D eigenvalue weighted by Crippen LogP contribution is 2.26. The molecule has 1 N–H and O–H groups in total. The Hall–Kier alpha value is -2.96. The average molecular weight is 308 g/mol. The Morgan fingerprint density at radius 2 is 2.09 bits per heavy atom. The van der Waals surface area contributed by atoms with E-state index < -0.39 is 0 Å². The number of nitrogens with zero attached hydrogens (tertiary/aromatic N) is 5. The van der Waals surface area contributed by atoms with Gasteiger partial charge in [0.25, 0.3) is 5.91 Å². The molecule has 23 heavy (non-hydrogen) atoms. The molecule has 4 rings (SSSR count). The van der Waals surface area contributed by atoms with Gasteiger partial charge in [0.05, 0.1) is 12.6 Å². The molecule has 1 atom stereocenters. The molecule has 0 bridgehead atoms. The number of hydrogen-bond donors (Lipinski definition) is 1. The molecule has 0 aliphatic carbocycles. The van der Waals surface area contributed by atoms with E-state index >= 15 is 0 Å². The number of hydrogen-bond acceptors (Lipinski definition) is 4. The third-order valence-corrected chi connectivity index (χ3v) is 4.09. The zero-order valence-corrected chi connectivity index (χ0v) is 12.7. The highest BCUT2D eigenvalue weighted by Gasteiger charge is 2.32. The molecule has 7 nitrogen and oxygen atoms in total. The first-order valence-electron chi connectivity index (χ1n) is 7.54. The quantitative estimate of drug-likeness (QED) is 0.784. The Bertz CT molecular complexity index is 824. The molecule has 2 aromatic heterocycles. The van der Waals surface area contributed by atoms with Crippen molar-refractivity contribution in [1.29, 1.82) is 0 Å². The first-order chi connectivity index (χ1) is 11.2. The van der Waals surface area contributed by atoms with E-state index in [0.29, 0.717) is 24.7 Å². The van der Waals surface area contributed by atoms with E-state index in [-0.39, 0.29) is 11.9 Å². The lowest BCUT2D eigenvalue weighted by Gasteiger charge is -2.32. The Balaban J connectivity index is 1.65. The summed E-state index contributed by atoms with van der Waals surface area (Å²) in [5.41, 5.74) is 0.977. The molecule has 0 spiro atoms. The van der Waals surface area contributed by atoms with Crippen LogP contribution in [0.15, 0.2) is 42.7 Å². The van der Waals surface area contributed by atoms with Gasteiger partial charge in [0.1, 0.15) is 5.82 Å². The van der Waals surface area contributed by atoms with Crippen LogP contribution in [0.2, 0.25) is 0 Å². The van der Waals surface area contributed by atoms with Gasteiger partial charge < -0.3 is 9.88 Å². The van der Waals surface area contributed by atoms with E-state index in [0.717, 1.165) is 11.4 Å². The molecule has 1 amide bonds. The van der Waals surface area contributed by atoms with Crippen molar-refractivity contribution in [3.63, 3.8) is 0 Å². The molecule has 3 aromatic rings. The fraction of sp³-hybridized carbons (Fsp3) is 0.250. The van der Waals surface area contributed by atoms with Crippen LogP contribution in [0, 0.1) is 0 Å². The van der Waals surface area contributed by atoms with Gasteiger partial charge in [0, 0.05) is 24.5 Å². The van der Waals surface area contributed by atoms with Crippen LogP contribution in [0.5, 0.6) is 0 Å². The number of aromatic amines is 1. The molecule has 1 aromatic carbocycles. The van der Waals surface area contributed by atoms with E-state index in [9.17, 15) is 4.79 Å². The molecule has 0 fully saturated rings. The summed E-state index contributed by atoms with van der Waals surface area (Å²) in [4.78, 5) is 25.9. The number of benzene rings is 1. The van der Waals surface area contributed by atoms with Gasteiger partial charge >= 0.3 is 0 Å². The summed E-state index contributed by atoms with van der Waals surface area (Å²) in [6, 6.07) is 9.71. The summed E-state index contributed by atoms with van der Waals surface area (Å²) in [5.74, 6) is 1.74. The number of carbonyl (C=O) groups is 1. The number of carbonyl (C=O) groups excluding carboxylic acids is 1. The zero-order chi connectivity index (χ0) is 15.8. The van der Waals surface area contributed by atoms with Crippen LogP contribution in [0.4, 0.5) is 0 Å². The highest BCUT2D eigenvalue weighted by atomic mass is 16.2. The van der Waals surface area contributed by atoms with Crippen LogP contribution in [0.1, 0.15) is 29.4 Å². The fourth-order valence-electron chi connectivity index (χ4n) is 2.87. The SMILES string of the molecule is C[C@H]1c2nc(-c3ccccc3)nn2CCN1C(=O)c1ncc[nH]1. The van der Waals surface area contributed by atoms with Crippen molar-refractivity contribution < 1.29 is 4.79 Å². The maximum absolute atomic E-state index is 12.5. The highest BCUT2D eigenvalue weighted by molar-refractivity contribution is 5.90. The lowest BCUT2D eigenvalue weighted by molar-refractivity contribution is 0.0619. The van der Waals surface area contributed by atoms with E-state index in [1.807, 2.05) is 41.9 Å². The third-order valence-electron chi connectivity index (χ3n) is 4.09. The number of aromatic nitrogens is 5. The van der Waals surface area contributed by atoms with Crippen LogP contribution in [-0.4, -0.2) is 42.1 Å². The van der Waals surface area contributed by atoms with Crippen molar-refractivity contribution in [2.45, 2.75) is 19.5 Å². The van der Waals surface area contributed by atoms with Gasteiger partial charge in [-0.1, -0.05) is 30.3 Å². The van der Waals surface area contributed by atoms with Gasteiger partial charge in [-0.3, -0.25) is 4.79 Å². The summed E-state index contributed by atoms with van der Waals surface area (Å²) in [6.45, 7) is 3.19. The maximum atomic E-state index is 12.5. The number of amides is 1. The smallest absolute Gasteiger partial charge is 0.290 e. The number of rotatable bonds is 2. The van der Waals surface area contributed by atoms with Gasteiger partial charge in [-0.05, 0) is 6.92 Å². The van der Waals surface area contributed by atoms with Crippen molar-refractivity contribution in [3.05, 3.63) is 54.4 Å². The molecule has 3 heterocycles. The monoisotopic (exact) mass is 308 g/mol. The van der Waals surface area contributed by atoms with Crippen LogP contribution in [0.3, 0.4) is 0 Å². The normalized spacial score (nSPS) is 17.1. The second kappa shape index (κ2) is 5.35. The van der Waals surface area contributed by atoms with Gasteiger partial charge in [-0.2, -0.15) is 5.10 Å². The van der Waals surface area contributed by atoms with Gasteiger partial charge in [-0.15, -0.1) is 0 Å². The lowest BCUT2D eigenvalue weighted by atomic mass is 10.2. The van der Waals surface area contributed by atoms with Crippen molar-refractivity contribution in [3.8, 4) is 11.4 Å². The van der Waals surface area contributed by atoms with E-state index in [4.69, 9.17) is 0 Å². The van der Waals surface area contributed by atoms with Crippen LogP contribution >= 0.6 is 0 Å². The largest absolute Gasteiger partial charge is 0.341 e. The molecule has 0 saturated carbocycles. The molecule has 0 unspecified atom stereocenters. The van der Waals surface area contributed by atoms with Crippen molar-refractivity contribution in [1.82, 2.24) is 29.6 Å². The summed E-state index contributed by atoms with van der Waals surface area (Å²) >= 11 is 0. The van der Waals surface area contributed by atoms with Crippen LogP contribution < -0.4 is 0 Å². The van der Waals surface area contributed by atoms with E-state index in [1.54, 1.807) is 17.3 Å². The summed E-state index contributed by atoms with van der Waals surface area (Å²) in [6.07, 6.45) is 3.23. The second-order valence-electron chi connectivity index (χ2n) is 5.50. The van der Waals surface area contributed by atoms with Crippen molar-refractivity contribution in [2.24, 2.45) is 0 Å². The Morgan fingerprint density at radius 1 is 1.26 bits per heavy atom. The molecule has 116 valence electrons. The number of fused-ring (bicyclic) bond motifs is 1. The number of H-pyrrole nitrogens is 1. The zero-order valence-electron chi connectivity index (χ0n) is 12.7.